The maximum Gasteiger partial charge on any atom is 0.317 e. The number of esters is 1. The van der Waals surface area contributed by atoms with E-state index in [1.165, 1.54) is 19.2 Å². The lowest BCUT2D eigenvalue weighted by Gasteiger charge is -2.15. The molecule has 1 saturated carbocycles. The molecule has 22 heavy (non-hydrogen) atoms. The van der Waals surface area contributed by atoms with E-state index in [0.717, 1.165) is 24.2 Å². The van der Waals surface area contributed by atoms with E-state index in [-0.39, 0.29) is 11.7 Å². The van der Waals surface area contributed by atoms with Crippen molar-refractivity contribution in [2.75, 3.05) is 7.11 Å². The predicted molar refractivity (Wildman–Crippen MR) is 77.9 cm³/mol. The van der Waals surface area contributed by atoms with Crippen molar-refractivity contribution in [3.63, 3.8) is 0 Å². The monoisotopic (exact) mass is 301 g/mol. The number of carbonyl (C=O) groups is 1. The Morgan fingerprint density at radius 3 is 2.50 bits per heavy atom. The van der Waals surface area contributed by atoms with Crippen molar-refractivity contribution in [2.45, 2.75) is 25.2 Å². The number of ether oxygens (including phenoxy) is 1. The second-order valence-electron chi connectivity index (χ2n) is 5.43. The molecule has 7 heteroatoms. The molecule has 1 heterocycles. The number of nitro groups is 1. The van der Waals surface area contributed by atoms with Crippen LogP contribution in [-0.4, -0.2) is 27.8 Å². The van der Waals surface area contributed by atoms with Crippen molar-refractivity contribution >= 4 is 11.7 Å². The summed E-state index contributed by atoms with van der Waals surface area (Å²) in [5.41, 5.74) is 1.61. The van der Waals surface area contributed by atoms with Gasteiger partial charge in [-0.2, -0.15) is 5.10 Å². The van der Waals surface area contributed by atoms with Crippen molar-refractivity contribution < 1.29 is 14.5 Å². The lowest BCUT2D eigenvalue weighted by Crippen LogP contribution is -2.25. The number of aromatic nitrogens is 2. The summed E-state index contributed by atoms with van der Waals surface area (Å²) >= 11 is 0. The average Bonchev–Trinajstić information content (AvgIpc) is 3.23. The molecule has 0 atom stereocenters. The Kier molecular flexibility index (Phi) is 3.20. The molecule has 3 rings (SSSR count). The molecule has 1 aromatic heterocycles. The van der Waals surface area contributed by atoms with Crippen LogP contribution in [0.5, 0.6) is 0 Å². The van der Waals surface area contributed by atoms with E-state index in [0.29, 0.717) is 5.69 Å². The maximum atomic E-state index is 12.1. The minimum Gasteiger partial charge on any atom is -0.468 e. The largest absolute Gasteiger partial charge is 0.468 e. The van der Waals surface area contributed by atoms with Crippen LogP contribution < -0.4 is 0 Å². The Hall–Kier alpha value is -2.70. The van der Waals surface area contributed by atoms with E-state index in [2.05, 4.69) is 5.10 Å². The lowest BCUT2D eigenvalue weighted by atomic mass is 10.0. The number of benzene rings is 1. The van der Waals surface area contributed by atoms with Crippen LogP contribution in [0.2, 0.25) is 0 Å². The van der Waals surface area contributed by atoms with Crippen molar-refractivity contribution in [2.24, 2.45) is 0 Å². The molecular formula is C15H15N3O4. The molecule has 114 valence electrons. The number of hydrogen-bond donors (Lipinski definition) is 0. The van der Waals surface area contributed by atoms with Gasteiger partial charge >= 0.3 is 5.97 Å². The van der Waals surface area contributed by atoms with Crippen LogP contribution in [0.1, 0.15) is 24.2 Å². The second kappa shape index (κ2) is 4.94. The van der Waals surface area contributed by atoms with Crippen LogP contribution >= 0.6 is 0 Å². The highest BCUT2D eigenvalue weighted by atomic mass is 16.6. The van der Waals surface area contributed by atoms with Crippen molar-refractivity contribution in [1.82, 2.24) is 9.78 Å². The van der Waals surface area contributed by atoms with Crippen LogP contribution in [-0.2, 0) is 14.9 Å². The van der Waals surface area contributed by atoms with Crippen LogP contribution in [0.25, 0.3) is 5.69 Å². The van der Waals surface area contributed by atoms with Crippen LogP contribution in [0, 0.1) is 17.0 Å². The van der Waals surface area contributed by atoms with Gasteiger partial charge in [0.15, 0.2) is 0 Å². The number of aryl methyl sites for hydroxylation is 1. The summed E-state index contributed by atoms with van der Waals surface area (Å²) in [7, 11) is 1.38. The van der Waals surface area contributed by atoms with Gasteiger partial charge in [-0.05, 0) is 38.0 Å². The predicted octanol–water partition coefficient (Wildman–Crippen LogP) is 2.29. The first kappa shape index (κ1) is 14.2. The molecule has 1 aliphatic rings. The van der Waals surface area contributed by atoms with Gasteiger partial charge in [0.1, 0.15) is 5.41 Å². The van der Waals surface area contributed by atoms with E-state index in [4.69, 9.17) is 4.74 Å². The molecule has 0 aliphatic heterocycles. The molecule has 7 nitrogen and oxygen atoms in total. The van der Waals surface area contributed by atoms with Gasteiger partial charge in [0, 0.05) is 12.1 Å². The molecule has 0 N–H and O–H groups in total. The number of methoxy groups -OCH3 is 1. The summed E-state index contributed by atoms with van der Waals surface area (Å²) in [5.74, 6) is -0.268. The Bertz CT molecular complexity index is 745. The normalized spacial score (nSPS) is 15.4. The number of carbonyl (C=O) groups excluding carboxylic acids is 1. The third-order valence-corrected chi connectivity index (χ3v) is 3.95. The summed E-state index contributed by atoms with van der Waals surface area (Å²) in [6.45, 7) is 1.85. The Morgan fingerprint density at radius 1 is 1.36 bits per heavy atom. The molecule has 0 radical (unpaired) electrons. The molecule has 0 bridgehead atoms. The minimum atomic E-state index is -0.641. The summed E-state index contributed by atoms with van der Waals surface area (Å²) in [6.07, 6.45) is 1.44. The number of non-ortho nitro benzene ring substituents is 1. The van der Waals surface area contributed by atoms with Gasteiger partial charge in [0.05, 0.1) is 29.1 Å². The Balaban J connectivity index is 2.05. The first-order chi connectivity index (χ1) is 10.5. The van der Waals surface area contributed by atoms with Gasteiger partial charge in [-0.25, -0.2) is 4.68 Å². The average molecular weight is 301 g/mol. The van der Waals surface area contributed by atoms with E-state index in [1.807, 2.05) is 13.0 Å². The molecule has 0 spiro atoms. The van der Waals surface area contributed by atoms with Gasteiger partial charge < -0.3 is 4.74 Å². The molecule has 0 unspecified atom stereocenters. The van der Waals surface area contributed by atoms with Gasteiger partial charge in [-0.15, -0.1) is 0 Å². The molecular weight excluding hydrogens is 286 g/mol. The maximum absolute atomic E-state index is 12.1. The van der Waals surface area contributed by atoms with Crippen LogP contribution in [0.15, 0.2) is 30.3 Å². The molecule has 0 saturated heterocycles. The van der Waals surface area contributed by atoms with Crippen molar-refractivity contribution in [1.29, 1.82) is 0 Å². The fourth-order valence-electron chi connectivity index (χ4n) is 2.64. The minimum absolute atomic E-state index is 0.0169. The second-order valence-corrected chi connectivity index (χ2v) is 5.43. The van der Waals surface area contributed by atoms with E-state index in [9.17, 15) is 14.9 Å². The summed E-state index contributed by atoms with van der Waals surface area (Å²) in [5, 5.41) is 15.2. The van der Waals surface area contributed by atoms with Crippen LogP contribution in [0.3, 0.4) is 0 Å². The highest BCUT2D eigenvalue weighted by molar-refractivity contribution is 5.86. The van der Waals surface area contributed by atoms with Crippen molar-refractivity contribution in [3.8, 4) is 5.69 Å². The first-order valence-electron chi connectivity index (χ1n) is 6.88. The van der Waals surface area contributed by atoms with Gasteiger partial charge in [0.25, 0.3) is 5.69 Å². The zero-order valence-corrected chi connectivity index (χ0v) is 12.3. The summed E-state index contributed by atoms with van der Waals surface area (Å²) in [6, 6.07) is 7.97. The highest BCUT2D eigenvalue weighted by Gasteiger charge is 2.55. The lowest BCUT2D eigenvalue weighted by molar-refractivity contribution is -0.384. The Labute approximate surface area is 126 Å². The third kappa shape index (κ3) is 2.14. The number of nitro benzene ring substituents is 1. The SMILES string of the molecule is COC(=O)C1(c2cc(C)nn2-c2ccc([N+](=O)[O-])cc2)CC1. The third-order valence-electron chi connectivity index (χ3n) is 3.95. The quantitative estimate of drug-likeness (QED) is 0.491. The van der Waals surface area contributed by atoms with E-state index >= 15 is 0 Å². The van der Waals surface area contributed by atoms with Gasteiger partial charge in [-0.3, -0.25) is 14.9 Å². The fourth-order valence-corrected chi connectivity index (χ4v) is 2.64. The van der Waals surface area contributed by atoms with Gasteiger partial charge in [-0.1, -0.05) is 0 Å². The van der Waals surface area contributed by atoms with E-state index in [1.54, 1.807) is 16.8 Å². The number of nitrogens with zero attached hydrogens (tertiary/aromatic N) is 3. The molecule has 0 amide bonds. The Morgan fingerprint density at radius 2 is 2.00 bits per heavy atom. The number of hydrogen-bond acceptors (Lipinski definition) is 5. The van der Waals surface area contributed by atoms with E-state index < -0.39 is 10.3 Å². The zero-order valence-electron chi connectivity index (χ0n) is 12.3. The molecule has 2 aromatic rings. The summed E-state index contributed by atoms with van der Waals surface area (Å²) < 4.78 is 6.58. The molecule has 1 aliphatic carbocycles. The molecule has 1 fully saturated rings. The first-order valence-corrected chi connectivity index (χ1v) is 6.88. The number of rotatable bonds is 4. The van der Waals surface area contributed by atoms with Crippen molar-refractivity contribution in [3.05, 3.63) is 51.8 Å². The zero-order chi connectivity index (χ0) is 15.9. The highest BCUT2D eigenvalue weighted by Crippen LogP contribution is 2.49. The smallest absolute Gasteiger partial charge is 0.317 e. The summed E-state index contributed by atoms with van der Waals surface area (Å²) in [4.78, 5) is 22.4. The standard InChI is InChI=1S/C15H15N3O4/c1-10-9-13(15(7-8-15)14(19)22-2)17(16-10)11-3-5-12(6-4-11)18(20)21/h3-6,9H,7-8H2,1-2H3. The topological polar surface area (TPSA) is 87.3 Å². The van der Waals surface area contributed by atoms with Gasteiger partial charge in [0.2, 0.25) is 0 Å². The fraction of sp³-hybridized carbons (Fsp3) is 0.333. The van der Waals surface area contributed by atoms with Crippen LogP contribution in [0.4, 0.5) is 5.69 Å². The molecule has 1 aromatic carbocycles.